The van der Waals surface area contributed by atoms with Gasteiger partial charge in [0, 0.05) is 26.2 Å². The molecule has 116 valence electrons. The summed E-state index contributed by atoms with van der Waals surface area (Å²) in [6.45, 7) is 7.20. The van der Waals surface area contributed by atoms with Crippen LogP contribution in [0.15, 0.2) is 24.3 Å². The van der Waals surface area contributed by atoms with E-state index in [4.69, 9.17) is 9.47 Å². The van der Waals surface area contributed by atoms with E-state index in [1.165, 1.54) is 0 Å². The highest BCUT2D eigenvalue weighted by molar-refractivity contribution is 5.81. The number of carbonyl (C=O) groups excluding carboxylic acids is 1. The first-order chi connectivity index (χ1) is 10.1. The van der Waals surface area contributed by atoms with Gasteiger partial charge in [0.25, 0.3) is 5.91 Å². The maximum absolute atomic E-state index is 12.6. The summed E-state index contributed by atoms with van der Waals surface area (Å²) in [4.78, 5) is 14.5. The maximum Gasteiger partial charge on any atom is 0.263 e. The molecule has 1 unspecified atom stereocenters. The van der Waals surface area contributed by atoms with Crippen molar-refractivity contribution in [3.05, 3.63) is 24.3 Å². The van der Waals surface area contributed by atoms with Crippen molar-refractivity contribution in [2.45, 2.75) is 20.0 Å². The van der Waals surface area contributed by atoms with Gasteiger partial charge in [-0.05, 0) is 30.2 Å². The average Bonchev–Trinajstić information content (AvgIpc) is 2.53. The van der Waals surface area contributed by atoms with E-state index in [9.17, 15) is 4.79 Å². The zero-order valence-corrected chi connectivity index (χ0v) is 13.0. The van der Waals surface area contributed by atoms with Crippen LogP contribution < -0.4 is 14.8 Å². The molecule has 1 aliphatic heterocycles. The first kappa shape index (κ1) is 15.6. The molecule has 1 fully saturated rings. The fourth-order valence-electron chi connectivity index (χ4n) is 2.34. The van der Waals surface area contributed by atoms with Gasteiger partial charge in [0.15, 0.2) is 6.10 Å². The van der Waals surface area contributed by atoms with Crippen molar-refractivity contribution in [3.8, 4) is 11.5 Å². The van der Waals surface area contributed by atoms with Crippen molar-refractivity contribution in [3.63, 3.8) is 0 Å². The van der Waals surface area contributed by atoms with Gasteiger partial charge in [0.1, 0.15) is 11.5 Å². The Hall–Kier alpha value is -1.75. The first-order valence-corrected chi connectivity index (χ1v) is 7.42. The van der Waals surface area contributed by atoms with Gasteiger partial charge in [0.2, 0.25) is 0 Å². The van der Waals surface area contributed by atoms with Crippen molar-refractivity contribution in [1.82, 2.24) is 10.2 Å². The molecule has 21 heavy (non-hydrogen) atoms. The van der Waals surface area contributed by atoms with Crippen LogP contribution in [0.25, 0.3) is 0 Å². The largest absolute Gasteiger partial charge is 0.497 e. The molecule has 1 aromatic carbocycles. The lowest BCUT2D eigenvalue weighted by Crippen LogP contribution is -2.52. The molecule has 0 bridgehead atoms. The number of ether oxygens (including phenoxy) is 2. The van der Waals surface area contributed by atoms with Gasteiger partial charge in [-0.1, -0.05) is 13.8 Å². The number of nitrogens with one attached hydrogen (secondary N) is 1. The van der Waals surface area contributed by atoms with Crippen molar-refractivity contribution in [2.75, 3.05) is 33.3 Å². The molecule has 0 saturated carbocycles. The minimum atomic E-state index is -0.448. The number of amides is 1. The highest BCUT2D eigenvalue weighted by Gasteiger charge is 2.29. The summed E-state index contributed by atoms with van der Waals surface area (Å²) in [6.07, 6.45) is -0.448. The molecule has 0 aliphatic carbocycles. The summed E-state index contributed by atoms with van der Waals surface area (Å²) in [5.41, 5.74) is 0. The topological polar surface area (TPSA) is 50.8 Å². The predicted molar refractivity (Wildman–Crippen MR) is 81.7 cm³/mol. The number of methoxy groups -OCH3 is 1. The van der Waals surface area contributed by atoms with Gasteiger partial charge in [-0.25, -0.2) is 0 Å². The minimum Gasteiger partial charge on any atom is -0.497 e. The molecule has 1 aliphatic rings. The molecule has 1 atom stereocenters. The Morgan fingerprint density at radius 2 is 1.71 bits per heavy atom. The summed E-state index contributed by atoms with van der Waals surface area (Å²) >= 11 is 0. The molecule has 1 saturated heterocycles. The summed E-state index contributed by atoms with van der Waals surface area (Å²) < 4.78 is 11.0. The van der Waals surface area contributed by atoms with Gasteiger partial charge >= 0.3 is 0 Å². The highest BCUT2D eigenvalue weighted by Crippen LogP contribution is 2.21. The van der Waals surface area contributed by atoms with E-state index in [0.29, 0.717) is 5.75 Å². The second-order valence-corrected chi connectivity index (χ2v) is 5.53. The van der Waals surface area contributed by atoms with Gasteiger partial charge in [0.05, 0.1) is 7.11 Å². The van der Waals surface area contributed by atoms with Crippen LogP contribution >= 0.6 is 0 Å². The van der Waals surface area contributed by atoms with E-state index in [-0.39, 0.29) is 11.8 Å². The molecule has 0 radical (unpaired) electrons. The number of benzene rings is 1. The van der Waals surface area contributed by atoms with Crippen LogP contribution in [-0.2, 0) is 4.79 Å². The minimum absolute atomic E-state index is 0.0716. The van der Waals surface area contributed by atoms with E-state index in [0.717, 1.165) is 31.9 Å². The third kappa shape index (κ3) is 4.11. The Morgan fingerprint density at radius 1 is 1.14 bits per heavy atom. The number of hydrogen-bond acceptors (Lipinski definition) is 4. The van der Waals surface area contributed by atoms with Crippen molar-refractivity contribution < 1.29 is 14.3 Å². The van der Waals surface area contributed by atoms with Gasteiger partial charge in [-0.2, -0.15) is 0 Å². The fraction of sp³-hybridized carbons (Fsp3) is 0.562. The Balaban J connectivity index is 2.05. The first-order valence-electron chi connectivity index (χ1n) is 7.42. The quantitative estimate of drug-likeness (QED) is 0.894. The monoisotopic (exact) mass is 292 g/mol. The second kappa shape index (κ2) is 7.31. The lowest BCUT2D eigenvalue weighted by Gasteiger charge is -2.32. The molecular formula is C16H24N2O3. The smallest absolute Gasteiger partial charge is 0.263 e. The Morgan fingerprint density at radius 3 is 2.24 bits per heavy atom. The number of nitrogens with zero attached hydrogens (tertiary/aromatic N) is 1. The van der Waals surface area contributed by atoms with Gasteiger partial charge in [-0.3, -0.25) is 4.79 Å². The highest BCUT2D eigenvalue weighted by atomic mass is 16.5. The van der Waals surface area contributed by atoms with E-state index >= 15 is 0 Å². The van der Waals surface area contributed by atoms with E-state index in [2.05, 4.69) is 5.32 Å². The number of carbonyl (C=O) groups is 1. The van der Waals surface area contributed by atoms with Crippen molar-refractivity contribution in [1.29, 1.82) is 0 Å². The number of rotatable bonds is 5. The number of piperazine rings is 1. The molecule has 1 aromatic rings. The fourth-order valence-corrected chi connectivity index (χ4v) is 2.34. The normalized spacial score (nSPS) is 16.7. The van der Waals surface area contributed by atoms with Gasteiger partial charge < -0.3 is 19.7 Å². The van der Waals surface area contributed by atoms with E-state index < -0.39 is 6.10 Å². The zero-order valence-electron chi connectivity index (χ0n) is 13.0. The van der Waals surface area contributed by atoms with Crippen LogP contribution in [0.2, 0.25) is 0 Å². The Labute approximate surface area is 126 Å². The Bertz CT molecular complexity index is 453. The lowest BCUT2D eigenvalue weighted by molar-refractivity contribution is -0.141. The molecule has 2 rings (SSSR count). The average molecular weight is 292 g/mol. The van der Waals surface area contributed by atoms with Crippen LogP contribution in [0.3, 0.4) is 0 Å². The summed E-state index contributed by atoms with van der Waals surface area (Å²) in [7, 11) is 1.63. The molecule has 0 aromatic heterocycles. The molecular weight excluding hydrogens is 268 g/mol. The number of hydrogen-bond donors (Lipinski definition) is 1. The Kier molecular flexibility index (Phi) is 5.44. The zero-order chi connectivity index (χ0) is 15.2. The van der Waals surface area contributed by atoms with E-state index in [1.54, 1.807) is 7.11 Å². The molecule has 1 N–H and O–H groups in total. The molecule has 5 heteroatoms. The summed E-state index contributed by atoms with van der Waals surface area (Å²) in [5.74, 6) is 1.66. The molecule has 0 spiro atoms. The standard InChI is InChI=1S/C16H24N2O3/c1-12(2)15(16(19)18-10-8-17-9-11-18)21-14-6-4-13(20-3)5-7-14/h4-7,12,15,17H,8-11H2,1-3H3. The van der Waals surface area contributed by atoms with Crippen LogP contribution in [0, 0.1) is 5.92 Å². The second-order valence-electron chi connectivity index (χ2n) is 5.53. The predicted octanol–water partition coefficient (Wildman–Crippen LogP) is 1.53. The maximum atomic E-state index is 12.6. The molecule has 5 nitrogen and oxygen atoms in total. The third-order valence-corrected chi connectivity index (χ3v) is 3.60. The lowest BCUT2D eigenvalue weighted by atomic mass is 10.1. The van der Waals surface area contributed by atoms with Crippen LogP contribution in [-0.4, -0.2) is 50.2 Å². The summed E-state index contributed by atoms with van der Waals surface area (Å²) in [6, 6.07) is 7.34. The van der Waals surface area contributed by atoms with Crippen LogP contribution in [0.4, 0.5) is 0 Å². The van der Waals surface area contributed by atoms with Crippen molar-refractivity contribution in [2.24, 2.45) is 5.92 Å². The van der Waals surface area contributed by atoms with Gasteiger partial charge in [-0.15, -0.1) is 0 Å². The van der Waals surface area contributed by atoms with E-state index in [1.807, 2.05) is 43.0 Å². The van der Waals surface area contributed by atoms with Crippen LogP contribution in [0.1, 0.15) is 13.8 Å². The SMILES string of the molecule is COc1ccc(OC(C(=O)N2CCNCC2)C(C)C)cc1. The third-order valence-electron chi connectivity index (χ3n) is 3.60. The van der Waals surface area contributed by atoms with Crippen molar-refractivity contribution >= 4 is 5.91 Å². The molecule has 1 heterocycles. The van der Waals surface area contributed by atoms with Crippen LogP contribution in [0.5, 0.6) is 11.5 Å². The molecule has 1 amide bonds. The summed E-state index contributed by atoms with van der Waals surface area (Å²) in [5, 5.41) is 3.25.